The zero-order chi connectivity index (χ0) is 36.0. The van der Waals surface area contributed by atoms with Crippen molar-refractivity contribution in [2.24, 2.45) is 0 Å². The fraction of sp³-hybridized carbons (Fsp3) is 0. The largest absolute Gasteiger partial charge is 0.456 e. The van der Waals surface area contributed by atoms with Gasteiger partial charge in [-0.15, -0.1) is 0 Å². The van der Waals surface area contributed by atoms with Gasteiger partial charge in [-0.2, -0.15) is 0 Å². The lowest BCUT2D eigenvalue weighted by Crippen LogP contribution is -2.10. The van der Waals surface area contributed by atoms with E-state index in [-0.39, 0.29) is 0 Å². The van der Waals surface area contributed by atoms with Gasteiger partial charge in [0.25, 0.3) is 0 Å². The molecule has 0 bridgehead atoms. The number of oxazole rings is 1. The van der Waals surface area contributed by atoms with Crippen molar-refractivity contribution in [2.45, 2.75) is 0 Å². The first-order valence-corrected chi connectivity index (χ1v) is 18.4. The molecule has 0 aliphatic rings. The number of furan rings is 2. The maximum absolute atomic E-state index is 6.64. The second-order valence-electron chi connectivity index (χ2n) is 13.9. The first-order chi connectivity index (χ1) is 27.3. The SMILES string of the molecule is c1ccc(-c2nc3c(ccc4oc5cc(N(c6ccc7c(c6)oc6ccccc67)c6cccc7c6c6ccccc6n7-c6ccccc6)ccc5c43)o2)cc1. The van der Waals surface area contributed by atoms with Crippen molar-refractivity contribution in [3.63, 3.8) is 0 Å². The van der Waals surface area contributed by atoms with Gasteiger partial charge in [0.15, 0.2) is 5.58 Å². The molecule has 258 valence electrons. The molecule has 0 saturated carbocycles. The topological polar surface area (TPSA) is 60.5 Å². The first-order valence-electron chi connectivity index (χ1n) is 18.4. The van der Waals surface area contributed by atoms with Crippen LogP contribution in [0.3, 0.4) is 0 Å². The molecule has 0 aliphatic heterocycles. The van der Waals surface area contributed by atoms with E-state index < -0.39 is 0 Å². The number of nitrogens with zero attached hydrogens (tertiary/aromatic N) is 3. The van der Waals surface area contributed by atoms with E-state index in [1.165, 1.54) is 5.39 Å². The number of rotatable bonds is 5. The van der Waals surface area contributed by atoms with Crippen LogP contribution in [0.2, 0.25) is 0 Å². The van der Waals surface area contributed by atoms with Gasteiger partial charge in [-0.3, -0.25) is 0 Å². The third-order valence-corrected chi connectivity index (χ3v) is 10.8. The van der Waals surface area contributed by atoms with E-state index in [1.807, 2.05) is 54.6 Å². The molecule has 6 heteroatoms. The highest BCUT2D eigenvalue weighted by atomic mass is 16.4. The maximum Gasteiger partial charge on any atom is 0.227 e. The van der Waals surface area contributed by atoms with Crippen LogP contribution >= 0.6 is 0 Å². The zero-order valence-corrected chi connectivity index (χ0v) is 29.3. The summed E-state index contributed by atoms with van der Waals surface area (Å²) in [5.41, 5.74) is 12.0. The zero-order valence-electron chi connectivity index (χ0n) is 29.3. The summed E-state index contributed by atoms with van der Waals surface area (Å²) >= 11 is 0. The van der Waals surface area contributed by atoms with Gasteiger partial charge in [0, 0.05) is 61.7 Å². The molecule has 0 unspecified atom stereocenters. The summed E-state index contributed by atoms with van der Waals surface area (Å²) in [6.07, 6.45) is 0. The number of aromatic nitrogens is 2. The number of anilines is 3. The smallest absolute Gasteiger partial charge is 0.227 e. The lowest BCUT2D eigenvalue weighted by Gasteiger charge is -2.26. The summed E-state index contributed by atoms with van der Waals surface area (Å²) in [5, 5.41) is 6.41. The van der Waals surface area contributed by atoms with Crippen molar-refractivity contribution in [1.29, 1.82) is 0 Å². The quantitative estimate of drug-likeness (QED) is 0.178. The van der Waals surface area contributed by atoms with E-state index in [2.05, 4.69) is 131 Å². The normalized spacial score (nSPS) is 12.0. The molecule has 12 aromatic rings. The molecule has 8 aromatic carbocycles. The van der Waals surface area contributed by atoms with Gasteiger partial charge in [-0.25, -0.2) is 4.98 Å². The lowest BCUT2D eigenvalue weighted by atomic mass is 10.1. The lowest BCUT2D eigenvalue weighted by molar-refractivity contribution is 0.619. The van der Waals surface area contributed by atoms with Gasteiger partial charge >= 0.3 is 0 Å². The Labute approximate surface area is 313 Å². The molecule has 0 atom stereocenters. The molecule has 0 radical (unpaired) electrons. The third kappa shape index (κ3) is 4.46. The number of hydrogen-bond donors (Lipinski definition) is 0. The summed E-state index contributed by atoms with van der Waals surface area (Å²) < 4.78 is 21.7. The van der Waals surface area contributed by atoms with Crippen LogP contribution in [0.1, 0.15) is 0 Å². The Kier molecular flexibility index (Phi) is 6.24. The van der Waals surface area contributed by atoms with Crippen molar-refractivity contribution in [3.8, 4) is 17.1 Å². The molecule has 55 heavy (non-hydrogen) atoms. The fourth-order valence-electron chi connectivity index (χ4n) is 8.41. The standard InChI is InChI=1S/C49H29N3O3/c1-3-12-30(13-4-1)49-50-48-43(55-49)27-26-42-47(48)37-25-23-33(29-45(37)54-42)51(32-22-24-35-34-16-8-10-21-41(34)53-44(35)28-32)39-19-11-20-40-46(39)36-17-7-9-18-38(36)52(40)31-14-5-2-6-15-31/h1-29H. The van der Waals surface area contributed by atoms with Gasteiger partial charge in [0.05, 0.1) is 22.1 Å². The molecule has 0 N–H and O–H groups in total. The van der Waals surface area contributed by atoms with E-state index >= 15 is 0 Å². The average Bonchev–Trinajstić information content (AvgIpc) is 4.01. The summed E-state index contributed by atoms with van der Waals surface area (Å²) in [4.78, 5) is 7.30. The van der Waals surface area contributed by atoms with E-state index in [1.54, 1.807) is 0 Å². The van der Waals surface area contributed by atoms with Crippen LogP contribution in [0, 0.1) is 0 Å². The minimum Gasteiger partial charge on any atom is -0.456 e. The Morgan fingerprint density at radius 3 is 1.89 bits per heavy atom. The number of benzene rings is 8. The molecular formula is C49H29N3O3. The van der Waals surface area contributed by atoms with Crippen LogP contribution in [0.25, 0.3) is 93.9 Å². The highest BCUT2D eigenvalue weighted by Gasteiger charge is 2.24. The minimum atomic E-state index is 0.587. The van der Waals surface area contributed by atoms with Crippen molar-refractivity contribution in [2.75, 3.05) is 4.90 Å². The van der Waals surface area contributed by atoms with Crippen molar-refractivity contribution in [1.82, 2.24) is 9.55 Å². The second kappa shape index (κ2) is 11.5. The van der Waals surface area contributed by atoms with Crippen LogP contribution < -0.4 is 4.90 Å². The second-order valence-corrected chi connectivity index (χ2v) is 13.9. The van der Waals surface area contributed by atoms with Gasteiger partial charge in [0.2, 0.25) is 5.89 Å². The monoisotopic (exact) mass is 707 g/mol. The van der Waals surface area contributed by atoms with E-state index in [9.17, 15) is 0 Å². The van der Waals surface area contributed by atoms with Crippen LogP contribution in [-0.2, 0) is 0 Å². The van der Waals surface area contributed by atoms with Crippen LogP contribution in [0.4, 0.5) is 17.1 Å². The Hall–Kier alpha value is -7.57. The number of hydrogen-bond acceptors (Lipinski definition) is 5. The Bertz CT molecular complexity index is 3440. The van der Waals surface area contributed by atoms with Gasteiger partial charge in [0.1, 0.15) is 27.8 Å². The van der Waals surface area contributed by atoms with Crippen LogP contribution in [0.15, 0.2) is 189 Å². The van der Waals surface area contributed by atoms with Crippen molar-refractivity contribution < 1.29 is 13.3 Å². The number of para-hydroxylation sites is 3. The highest BCUT2D eigenvalue weighted by molar-refractivity contribution is 6.19. The highest BCUT2D eigenvalue weighted by Crippen LogP contribution is 2.46. The van der Waals surface area contributed by atoms with Crippen LogP contribution in [-0.4, -0.2) is 9.55 Å². The minimum absolute atomic E-state index is 0.587. The fourth-order valence-corrected chi connectivity index (χ4v) is 8.41. The van der Waals surface area contributed by atoms with E-state index in [0.29, 0.717) is 5.89 Å². The molecule has 0 spiro atoms. The third-order valence-electron chi connectivity index (χ3n) is 10.8. The predicted octanol–water partition coefficient (Wildman–Crippen LogP) is 13.9. The predicted molar refractivity (Wildman–Crippen MR) is 223 cm³/mol. The Balaban J connectivity index is 1.12. The average molecular weight is 708 g/mol. The molecule has 0 saturated heterocycles. The molecule has 0 aliphatic carbocycles. The van der Waals surface area contributed by atoms with E-state index in [0.717, 1.165) is 99.7 Å². The molecule has 0 fully saturated rings. The van der Waals surface area contributed by atoms with E-state index in [4.69, 9.17) is 18.2 Å². The van der Waals surface area contributed by atoms with Crippen LogP contribution in [0.5, 0.6) is 0 Å². The van der Waals surface area contributed by atoms with Crippen molar-refractivity contribution >= 4 is 93.8 Å². The maximum atomic E-state index is 6.64. The number of fused-ring (bicyclic) bond motifs is 11. The van der Waals surface area contributed by atoms with Gasteiger partial charge < -0.3 is 22.7 Å². The summed E-state index contributed by atoms with van der Waals surface area (Å²) in [6.45, 7) is 0. The molecule has 4 heterocycles. The summed E-state index contributed by atoms with van der Waals surface area (Å²) in [5.74, 6) is 0.587. The summed E-state index contributed by atoms with van der Waals surface area (Å²) in [7, 11) is 0. The Morgan fingerprint density at radius 1 is 0.418 bits per heavy atom. The van der Waals surface area contributed by atoms with Crippen molar-refractivity contribution in [3.05, 3.63) is 176 Å². The Morgan fingerprint density at radius 2 is 1.05 bits per heavy atom. The molecule has 4 aromatic heterocycles. The molecule has 0 amide bonds. The molecule has 12 rings (SSSR count). The first kappa shape index (κ1) is 29.9. The van der Waals surface area contributed by atoms with Gasteiger partial charge in [-0.1, -0.05) is 78.9 Å². The molecule has 6 nitrogen and oxygen atoms in total. The molecular weight excluding hydrogens is 679 g/mol. The summed E-state index contributed by atoms with van der Waals surface area (Å²) in [6, 6.07) is 60.9. The van der Waals surface area contributed by atoms with Gasteiger partial charge in [-0.05, 0) is 84.9 Å².